The first-order valence-corrected chi connectivity index (χ1v) is 5.81. The van der Waals surface area contributed by atoms with Crippen molar-refractivity contribution >= 4 is 33.5 Å². The number of benzene rings is 1. The molecule has 0 spiro atoms. The summed E-state index contributed by atoms with van der Waals surface area (Å²) in [6.07, 6.45) is 0. The molecular formula is C10H9BrClFO2. The van der Waals surface area contributed by atoms with E-state index in [0.29, 0.717) is 10.9 Å². The molecule has 1 rings (SSSR count). The van der Waals surface area contributed by atoms with E-state index in [1.807, 2.05) is 0 Å². The van der Waals surface area contributed by atoms with Gasteiger partial charge in [-0.25, -0.2) is 9.18 Å². The van der Waals surface area contributed by atoms with E-state index in [4.69, 9.17) is 16.3 Å². The minimum Gasteiger partial charge on any atom is -0.462 e. The maximum absolute atomic E-state index is 13.2. The van der Waals surface area contributed by atoms with Crippen LogP contribution in [-0.2, 0) is 10.1 Å². The topological polar surface area (TPSA) is 26.3 Å². The Morgan fingerprint density at radius 3 is 2.80 bits per heavy atom. The van der Waals surface area contributed by atoms with Gasteiger partial charge in [0.25, 0.3) is 0 Å². The summed E-state index contributed by atoms with van der Waals surface area (Å²) in [5.41, 5.74) is 0.566. The van der Waals surface area contributed by atoms with Gasteiger partial charge in [0.1, 0.15) is 5.82 Å². The third-order valence-corrected chi connectivity index (χ3v) is 2.69. The third kappa shape index (κ3) is 2.92. The Morgan fingerprint density at radius 2 is 2.27 bits per heavy atom. The summed E-state index contributed by atoms with van der Waals surface area (Å²) < 4.78 is 18.0. The summed E-state index contributed by atoms with van der Waals surface area (Å²) in [4.78, 5) is 11.4. The second kappa shape index (κ2) is 5.47. The summed E-state index contributed by atoms with van der Waals surface area (Å²) in [6.45, 7) is 1.96. The molecular weight excluding hydrogens is 286 g/mol. The Labute approximate surface area is 101 Å². The van der Waals surface area contributed by atoms with Crippen LogP contribution in [0, 0.1) is 5.82 Å². The van der Waals surface area contributed by atoms with Crippen molar-refractivity contribution in [2.45, 2.75) is 12.3 Å². The standard InChI is InChI=1S/C10H9BrClFO2/c1-2-15-10(14)7-3-6(5-11)9(13)4-8(7)12/h3-4H,2,5H2,1H3. The van der Waals surface area contributed by atoms with Gasteiger partial charge in [-0.05, 0) is 24.6 Å². The SMILES string of the molecule is CCOC(=O)c1cc(CBr)c(F)cc1Cl. The zero-order valence-corrected chi connectivity index (χ0v) is 10.4. The van der Waals surface area contributed by atoms with Crippen LogP contribution >= 0.6 is 27.5 Å². The first-order valence-electron chi connectivity index (χ1n) is 4.31. The van der Waals surface area contributed by atoms with Crippen LogP contribution in [0.4, 0.5) is 4.39 Å². The number of ether oxygens (including phenoxy) is 1. The second-order valence-electron chi connectivity index (χ2n) is 2.78. The first kappa shape index (κ1) is 12.5. The molecule has 1 aromatic rings. The van der Waals surface area contributed by atoms with Crippen molar-refractivity contribution in [3.63, 3.8) is 0 Å². The van der Waals surface area contributed by atoms with Crippen LogP contribution in [0.25, 0.3) is 0 Å². The molecule has 0 bridgehead atoms. The molecule has 0 aliphatic carbocycles. The van der Waals surface area contributed by atoms with Crippen molar-refractivity contribution in [1.29, 1.82) is 0 Å². The predicted molar refractivity (Wildman–Crippen MR) is 60.0 cm³/mol. The molecule has 15 heavy (non-hydrogen) atoms. The van der Waals surface area contributed by atoms with Crippen LogP contribution in [0.15, 0.2) is 12.1 Å². The van der Waals surface area contributed by atoms with Crippen LogP contribution < -0.4 is 0 Å². The van der Waals surface area contributed by atoms with Crippen LogP contribution in [0.3, 0.4) is 0 Å². The number of hydrogen-bond donors (Lipinski definition) is 0. The van der Waals surface area contributed by atoms with Crippen molar-refractivity contribution in [3.8, 4) is 0 Å². The van der Waals surface area contributed by atoms with E-state index < -0.39 is 11.8 Å². The van der Waals surface area contributed by atoms with Crippen molar-refractivity contribution in [3.05, 3.63) is 34.1 Å². The van der Waals surface area contributed by atoms with Gasteiger partial charge in [-0.15, -0.1) is 0 Å². The van der Waals surface area contributed by atoms with E-state index in [-0.39, 0.29) is 17.2 Å². The average Bonchev–Trinajstić information content (AvgIpc) is 2.18. The van der Waals surface area contributed by atoms with Crippen molar-refractivity contribution < 1.29 is 13.9 Å². The van der Waals surface area contributed by atoms with E-state index in [1.54, 1.807) is 6.92 Å². The maximum Gasteiger partial charge on any atom is 0.339 e. The van der Waals surface area contributed by atoms with Gasteiger partial charge in [-0.1, -0.05) is 27.5 Å². The lowest BCUT2D eigenvalue weighted by atomic mass is 10.1. The van der Waals surface area contributed by atoms with E-state index in [0.717, 1.165) is 6.07 Å². The number of esters is 1. The van der Waals surface area contributed by atoms with Crippen LogP contribution in [-0.4, -0.2) is 12.6 Å². The molecule has 0 radical (unpaired) electrons. The van der Waals surface area contributed by atoms with E-state index >= 15 is 0 Å². The quantitative estimate of drug-likeness (QED) is 0.629. The van der Waals surface area contributed by atoms with Crippen molar-refractivity contribution in [2.75, 3.05) is 6.61 Å². The number of carbonyl (C=O) groups excluding carboxylic acids is 1. The largest absolute Gasteiger partial charge is 0.462 e. The van der Waals surface area contributed by atoms with Crippen molar-refractivity contribution in [2.24, 2.45) is 0 Å². The molecule has 0 N–H and O–H groups in total. The van der Waals surface area contributed by atoms with Gasteiger partial charge in [0, 0.05) is 5.33 Å². The molecule has 0 saturated heterocycles. The zero-order chi connectivity index (χ0) is 11.4. The van der Waals surface area contributed by atoms with Gasteiger partial charge < -0.3 is 4.74 Å². The molecule has 0 heterocycles. The maximum atomic E-state index is 13.2. The lowest BCUT2D eigenvalue weighted by Gasteiger charge is -2.06. The Balaban J connectivity index is 3.12. The summed E-state index contributed by atoms with van der Waals surface area (Å²) in [5, 5.41) is 0.387. The summed E-state index contributed by atoms with van der Waals surface area (Å²) in [7, 11) is 0. The third-order valence-electron chi connectivity index (χ3n) is 1.78. The Hall–Kier alpha value is -0.610. The molecule has 0 aliphatic heterocycles. The number of alkyl halides is 1. The molecule has 0 aromatic heterocycles. The highest BCUT2D eigenvalue weighted by atomic mass is 79.9. The van der Waals surface area contributed by atoms with Gasteiger partial charge in [0.2, 0.25) is 0 Å². The molecule has 0 saturated carbocycles. The molecule has 2 nitrogen and oxygen atoms in total. The fraction of sp³-hybridized carbons (Fsp3) is 0.300. The smallest absolute Gasteiger partial charge is 0.339 e. The van der Waals surface area contributed by atoms with Crippen LogP contribution in [0.1, 0.15) is 22.8 Å². The minimum atomic E-state index is -0.537. The highest BCUT2D eigenvalue weighted by Gasteiger charge is 2.14. The average molecular weight is 296 g/mol. The number of carbonyl (C=O) groups is 1. The van der Waals surface area contributed by atoms with Gasteiger partial charge >= 0.3 is 5.97 Å². The van der Waals surface area contributed by atoms with E-state index in [9.17, 15) is 9.18 Å². The molecule has 0 unspecified atom stereocenters. The van der Waals surface area contributed by atoms with Gasteiger partial charge in [-0.2, -0.15) is 0 Å². The molecule has 0 amide bonds. The summed E-state index contributed by atoms with van der Waals surface area (Å²) >= 11 is 8.85. The molecule has 0 aliphatic rings. The zero-order valence-electron chi connectivity index (χ0n) is 8.02. The highest BCUT2D eigenvalue weighted by molar-refractivity contribution is 9.08. The highest BCUT2D eigenvalue weighted by Crippen LogP contribution is 2.23. The lowest BCUT2D eigenvalue weighted by molar-refractivity contribution is 0.0526. The summed E-state index contributed by atoms with van der Waals surface area (Å²) in [5.74, 6) is -0.977. The Bertz CT molecular complexity index is 382. The molecule has 5 heteroatoms. The molecule has 1 aromatic carbocycles. The second-order valence-corrected chi connectivity index (χ2v) is 3.75. The van der Waals surface area contributed by atoms with E-state index in [2.05, 4.69) is 15.9 Å². The number of hydrogen-bond acceptors (Lipinski definition) is 2. The normalized spacial score (nSPS) is 10.1. The van der Waals surface area contributed by atoms with Crippen LogP contribution in [0.5, 0.6) is 0 Å². The Kier molecular flexibility index (Phi) is 4.54. The molecule has 0 fully saturated rings. The van der Waals surface area contributed by atoms with Crippen molar-refractivity contribution in [1.82, 2.24) is 0 Å². The lowest BCUT2D eigenvalue weighted by Crippen LogP contribution is -2.06. The van der Waals surface area contributed by atoms with E-state index in [1.165, 1.54) is 6.07 Å². The Morgan fingerprint density at radius 1 is 1.60 bits per heavy atom. The van der Waals surface area contributed by atoms with Gasteiger partial charge in [0.05, 0.1) is 17.2 Å². The van der Waals surface area contributed by atoms with Crippen LogP contribution in [0.2, 0.25) is 5.02 Å². The number of rotatable bonds is 3. The monoisotopic (exact) mass is 294 g/mol. The van der Waals surface area contributed by atoms with Gasteiger partial charge in [-0.3, -0.25) is 0 Å². The fourth-order valence-corrected chi connectivity index (χ4v) is 1.72. The molecule has 82 valence electrons. The fourth-order valence-electron chi connectivity index (χ4n) is 1.06. The summed E-state index contributed by atoms with van der Waals surface area (Å²) in [6, 6.07) is 2.51. The first-order chi connectivity index (χ1) is 7.10. The predicted octanol–water partition coefficient (Wildman–Crippen LogP) is 3.55. The number of halogens is 3. The minimum absolute atomic E-state index is 0.0654. The van der Waals surface area contributed by atoms with Gasteiger partial charge in [0.15, 0.2) is 0 Å². The molecule has 0 atom stereocenters.